The minimum absolute atomic E-state index is 0.0484. The number of rotatable bonds is 6. The summed E-state index contributed by atoms with van der Waals surface area (Å²) in [5.41, 5.74) is 4.14. The number of esters is 1. The van der Waals surface area contributed by atoms with Crippen molar-refractivity contribution in [3.8, 4) is 11.5 Å². The summed E-state index contributed by atoms with van der Waals surface area (Å²) in [6.45, 7) is 3.02. The van der Waals surface area contributed by atoms with Crippen LogP contribution >= 0.6 is 0 Å². The highest BCUT2D eigenvalue weighted by Gasteiger charge is 2.51. The van der Waals surface area contributed by atoms with Crippen molar-refractivity contribution in [2.75, 3.05) is 19.9 Å². The van der Waals surface area contributed by atoms with E-state index in [4.69, 9.17) is 14.2 Å². The number of ether oxygens (including phenoxy) is 3. The van der Waals surface area contributed by atoms with Crippen molar-refractivity contribution in [3.63, 3.8) is 0 Å². The summed E-state index contributed by atoms with van der Waals surface area (Å²) in [5.74, 6) is 0.870. The Bertz CT molecular complexity index is 1370. The first-order valence-corrected chi connectivity index (χ1v) is 13.1. The summed E-state index contributed by atoms with van der Waals surface area (Å²) < 4.78 is 16.3. The Labute approximate surface area is 222 Å². The van der Waals surface area contributed by atoms with Crippen LogP contribution in [0.15, 0.2) is 84.9 Å². The molecule has 0 unspecified atom stereocenters. The van der Waals surface area contributed by atoms with Gasteiger partial charge in [-0.15, -0.1) is 0 Å². The van der Waals surface area contributed by atoms with Crippen LogP contribution in [0.25, 0.3) is 0 Å². The van der Waals surface area contributed by atoms with Gasteiger partial charge in [0, 0.05) is 24.1 Å². The van der Waals surface area contributed by atoms with Gasteiger partial charge >= 0.3 is 5.97 Å². The van der Waals surface area contributed by atoms with E-state index in [1.54, 1.807) is 6.92 Å². The first-order valence-electron chi connectivity index (χ1n) is 13.1. The van der Waals surface area contributed by atoms with Crippen molar-refractivity contribution in [1.29, 1.82) is 0 Å². The van der Waals surface area contributed by atoms with Crippen LogP contribution < -0.4 is 9.47 Å². The number of hydrogen-bond donors (Lipinski definition) is 0. The molecule has 3 heterocycles. The van der Waals surface area contributed by atoms with Gasteiger partial charge in [-0.25, -0.2) is 9.80 Å². The largest absolute Gasteiger partial charge is 0.463 e. The van der Waals surface area contributed by atoms with Gasteiger partial charge in [-0.05, 0) is 60.7 Å². The van der Waals surface area contributed by atoms with Gasteiger partial charge in [0.05, 0.1) is 18.7 Å². The highest BCUT2D eigenvalue weighted by molar-refractivity contribution is 5.94. The third-order valence-corrected chi connectivity index (χ3v) is 7.56. The average Bonchev–Trinajstić information content (AvgIpc) is 3.54. The van der Waals surface area contributed by atoms with E-state index in [1.807, 2.05) is 65.7 Å². The number of carbonyl (C=O) groups excluding carboxylic acids is 2. The van der Waals surface area contributed by atoms with Crippen LogP contribution in [0.2, 0.25) is 0 Å². The molecule has 0 spiro atoms. The summed E-state index contributed by atoms with van der Waals surface area (Å²) in [5, 5.41) is 4.14. The van der Waals surface area contributed by atoms with Gasteiger partial charge in [-0.3, -0.25) is 9.80 Å². The lowest BCUT2D eigenvalue weighted by molar-refractivity contribution is -0.137. The molecule has 7 heteroatoms. The Balaban J connectivity index is 1.45. The number of nitrogens with zero attached hydrogens (tertiary/aromatic N) is 2. The second-order valence-electron chi connectivity index (χ2n) is 9.72. The van der Waals surface area contributed by atoms with Crippen molar-refractivity contribution >= 4 is 11.9 Å². The molecule has 1 fully saturated rings. The molecule has 1 amide bonds. The molecule has 3 aromatic rings. The molecule has 3 aromatic carbocycles. The van der Waals surface area contributed by atoms with Crippen LogP contribution in [0.1, 0.15) is 40.0 Å². The molecule has 0 bridgehead atoms. The molecule has 6 rings (SSSR count). The molecule has 3 aliphatic rings. The Hall–Kier alpha value is -4.10. The maximum atomic E-state index is 14.1. The zero-order chi connectivity index (χ0) is 26.1. The number of hydrogen-bond acceptors (Lipinski definition) is 6. The van der Waals surface area contributed by atoms with Gasteiger partial charge in [-0.2, -0.15) is 0 Å². The lowest BCUT2D eigenvalue weighted by atomic mass is 9.82. The first-order chi connectivity index (χ1) is 18.6. The molecular formula is C31H30N2O5. The third-order valence-electron chi connectivity index (χ3n) is 7.56. The van der Waals surface area contributed by atoms with E-state index in [2.05, 4.69) is 23.2 Å². The highest BCUT2D eigenvalue weighted by Crippen LogP contribution is 2.47. The van der Waals surface area contributed by atoms with Gasteiger partial charge in [0.25, 0.3) is 5.91 Å². The molecule has 1 saturated heterocycles. The van der Waals surface area contributed by atoms with E-state index in [0.29, 0.717) is 30.9 Å². The maximum absolute atomic E-state index is 14.1. The van der Waals surface area contributed by atoms with Crippen LogP contribution in [0.5, 0.6) is 11.5 Å². The van der Waals surface area contributed by atoms with Crippen LogP contribution in [0, 0.1) is 5.92 Å². The number of fused-ring (bicyclic) bond motifs is 4. The van der Waals surface area contributed by atoms with E-state index in [-0.39, 0.29) is 36.7 Å². The van der Waals surface area contributed by atoms with Crippen molar-refractivity contribution in [2.24, 2.45) is 5.92 Å². The van der Waals surface area contributed by atoms with Crippen molar-refractivity contribution < 1.29 is 23.8 Å². The topological polar surface area (TPSA) is 68.3 Å². The zero-order valence-corrected chi connectivity index (χ0v) is 21.3. The van der Waals surface area contributed by atoms with Gasteiger partial charge < -0.3 is 14.2 Å². The third kappa shape index (κ3) is 4.43. The highest BCUT2D eigenvalue weighted by atomic mass is 16.7. The fourth-order valence-electron chi connectivity index (χ4n) is 5.92. The van der Waals surface area contributed by atoms with E-state index in [1.165, 1.54) is 17.2 Å². The lowest BCUT2D eigenvalue weighted by Gasteiger charge is -2.38. The fourth-order valence-corrected chi connectivity index (χ4v) is 5.92. The molecule has 0 N–H and O–H groups in total. The van der Waals surface area contributed by atoms with Crippen molar-refractivity contribution in [1.82, 2.24) is 10.0 Å². The lowest BCUT2D eigenvalue weighted by Crippen LogP contribution is -2.48. The Morgan fingerprint density at radius 1 is 1.00 bits per heavy atom. The molecule has 7 nitrogen and oxygen atoms in total. The molecule has 0 aromatic heterocycles. The summed E-state index contributed by atoms with van der Waals surface area (Å²) in [6, 6.07) is 23.4. The molecule has 3 atom stereocenters. The van der Waals surface area contributed by atoms with Crippen molar-refractivity contribution in [2.45, 2.75) is 31.8 Å². The zero-order valence-electron chi connectivity index (χ0n) is 21.3. The average molecular weight is 511 g/mol. The SMILES string of the molecule is CCOC(=O)/C=C/[C@@H]1[C@@H](Cc2ccc3c(c2)OCO3)N(C(=O)c2ccccc2)N2CCc3ccccc3[C@@H]12. The predicted molar refractivity (Wildman–Crippen MR) is 142 cm³/mol. The number of amides is 1. The van der Waals surface area contributed by atoms with Crippen molar-refractivity contribution in [3.05, 3.63) is 107 Å². The number of benzene rings is 3. The maximum Gasteiger partial charge on any atom is 0.330 e. The summed E-state index contributed by atoms with van der Waals surface area (Å²) in [7, 11) is 0. The predicted octanol–water partition coefficient (Wildman–Crippen LogP) is 4.73. The molecule has 3 aliphatic heterocycles. The van der Waals surface area contributed by atoms with Crippen LogP contribution in [-0.4, -0.2) is 47.9 Å². The van der Waals surface area contributed by atoms with Crippen LogP contribution in [-0.2, 0) is 22.4 Å². The van der Waals surface area contributed by atoms with E-state index in [9.17, 15) is 9.59 Å². The Kier molecular flexibility index (Phi) is 6.60. The van der Waals surface area contributed by atoms with E-state index >= 15 is 0 Å². The smallest absolute Gasteiger partial charge is 0.330 e. The molecule has 0 aliphatic carbocycles. The molecule has 194 valence electrons. The Morgan fingerprint density at radius 3 is 2.63 bits per heavy atom. The monoisotopic (exact) mass is 510 g/mol. The second-order valence-corrected chi connectivity index (χ2v) is 9.72. The number of hydrazine groups is 1. The molecule has 0 saturated carbocycles. The van der Waals surface area contributed by atoms with Crippen LogP contribution in [0.3, 0.4) is 0 Å². The van der Waals surface area contributed by atoms with Crippen LogP contribution in [0.4, 0.5) is 0 Å². The fraction of sp³-hybridized carbons (Fsp3) is 0.290. The van der Waals surface area contributed by atoms with Gasteiger partial charge in [0.2, 0.25) is 6.79 Å². The Morgan fingerprint density at radius 2 is 1.79 bits per heavy atom. The van der Waals surface area contributed by atoms with E-state index < -0.39 is 0 Å². The van der Waals surface area contributed by atoms with Gasteiger partial charge in [0.15, 0.2) is 11.5 Å². The van der Waals surface area contributed by atoms with Gasteiger partial charge in [-0.1, -0.05) is 54.6 Å². The first kappa shape index (κ1) is 24.2. The summed E-state index contributed by atoms with van der Waals surface area (Å²) >= 11 is 0. The summed E-state index contributed by atoms with van der Waals surface area (Å²) in [6.07, 6.45) is 4.89. The second kappa shape index (κ2) is 10.3. The minimum Gasteiger partial charge on any atom is -0.463 e. The molecular weight excluding hydrogens is 480 g/mol. The summed E-state index contributed by atoms with van der Waals surface area (Å²) in [4.78, 5) is 26.5. The standard InChI is InChI=1S/C31H30N2O5/c1-2-36-29(34)15-13-25-26(18-21-12-14-27-28(19-21)38-20-37-27)33(31(35)23-9-4-3-5-10-23)32-17-16-22-8-6-7-11-24(22)30(25)32/h3-15,19,25-26,30H,2,16-18,20H2,1H3/b15-13+/t25-,26-,30+/m1/s1. The quantitative estimate of drug-likeness (QED) is 0.353. The molecule has 38 heavy (non-hydrogen) atoms. The van der Waals surface area contributed by atoms with Gasteiger partial charge in [0.1, 0.15) is 0 Å². The van der Waals surface area contributed by atoms with E-state index in [0.717, 1.165) is 17.7 Å². The number of carbonyl (C=O) groups is 2. The normalized spacial score (nSPS) is 21.8. The molecule has 0 radical (unpaired) electrons. The minimum atomic E-state index is -0.377.